The summed E-state index contributed by atoms with van der Waals surface area (Å²) in [6.07, 6.45) is 2.09. The highest BCUT2D eigenvalue weighted by Crippen LogP contribution is 2.35. The molecule has 1 atom stereocenters. The van der Waals surface area contributed by atoms with E-state index in [0.29, 0.717) is 12.0 Å². The molecule has 8 heteroatoms. The number of amides is 1. The lowest BCUT2D eigenvalue weighted by atomic mass is 9.96. The molecule has 5 rings (SSSR count). The molecule has 0 fully saturated rings. The first kappa shape index (κ1) is 21.9. The van der Waals surface area contributed by atoms with E-state index < -0.39 is 0 Å². The monoisotopic (exact) mass is 469 g/mol. The van der Waals surface area contributed by atoms with E-state index in [1.807, 2.05) is 90.5 Å². The molecule has 0 aliphatic carbocycles. The maximum atomic E-state index is 12.8. The quantitative estimate of drug-likeness (QED) is 0.325. The van der Waals surface area contributed by atoms with Crippen LogP contribution in [0.4, 0.5) is 0 Å². The van der Waals surface area contributed by atoms with Crippen LogP contribution in [0, 0.1) is 0 Å². The lowest BCUT2D eigenvalue weighted by Gasteiger charge is -2.27. The van der Waals surface area contributed by atoms with Gasteiger partial charge in [0.05, 0.1) is 5.71 Å². The van der Waals surface area contributed by atoms with Gasteiger partial charge in [0, 0.05) is 30.3 Å². The Morgan fingerprint density at radius 2 is 1.85 bits per heavy atom. The van der Waals surface area contributed by atoms with Crippen molar-refractivity contribution in [3.05, 3.63) is 107 Å². The molecular formula is C26H23N5O2S. The Morgan fingerprint density at radius 3 is 2.62 bits per heavy atom. The second kappa shape index (κ2) is 9.93. The van der Waals surface area contributed by atoms with Crippen molar-refractivity contribution in [2.45, 2.75) is 23.4 Å². The minimum atomic E-state index is -0.250. The minimum absolute atomic E-state index is 0.155. The molecule has 3 aromatic carbocycles. The number of carbonyl (C=O) groups is 1. The number of benzene rings is 3. The van der Waals surface area contributed by atoms with Crippen LogP contribution < -0.4 is 10.2 Å². The van der Waals surface area contributed by atoms with Crippen molar-refractivity contribution in [3.8, 4) is 5.75 Å². The Hall–Kier alpha value is -3.91. The maximum Gasteiger partial charge on any atom is 0.271 e. The molecule has 0 bridgehead atoms. The smallest absolute Gasteiger partial charge is 0.271 e. The predicted octanol–water partition coefficient (Wildman–Crippen LogP) is 4.77. The third kappa shape index (κ3) is 4.87. The number of para-hydroxylation sites is 1. The summed E-state index contributed by atoms with van der Waals surface area (Å²) in [5.74, 6) is 1.26. The lowest BCUT2D eigenvalue weighted by Crippen LogP contribution is -2.25. The minimum Gasteiger partial charge on any atom is -0.485 e. The van der Waals surface area contributed by atoms with Crippen molar-refractivity contribution >= 4 is 23.4 Å². The number of ether oxygens (including phenoxy) is 1. The average Bonchev–Trinajstić information content (AvgIpc) is 3.31. The molecule has 34 heavy (non-hydrogen) atoms. The molecule has 0 saturated carbocycles. The Morgan fingerprint density at radius 1 is 1.09 bits per heavy atom. The van der Waals surface area contributed by atoms with Gasteiger partial charge in [-0.3, -0.25) is 4.79 Å². The molecular weight excluding hydrogens is 446 g/mol. The summed E-state index contributed by atoms with van der Waals surface area (Å²) in [4.78, 5) is 12.8. The molecule has 0 radical (unpaired) electrons. The van der Waals surface area contributed by atoms with Crippen molar-refractivity contribution in [2.75, 3.05) is 0 Å². The Kier molecular flexibility index (Phi) is 6.40. The molecule has 2 heterocycles. The van der Waals surface area contributed by atoms with Crippen LogP contribution in [0.25, 0.3) is 0 Å². The number of fused-ring (bicyclic) bond motifs is 1. The highest BCUT2D eigenvalue weighted by Gasteiger charge is 2.26. The highest BCUT2D eigenvalue weighted by atomic mass is 32.2. The lowest BCUT2D eigenvalue weighted by molar-refractivity contribution is 0.0954. The molecule has 170 valence electrons. The van der Waals surface area contributed by atoms with Crippen LogP contribution in [0.15, 0.2) is 95.4 Å². The van der Waals surface area contributed by atoms with E-state index in [0.717, 1.165) is 39.1 Å². The van der Waals surface area contributed by atoms with Crippen molar-refractivity contribution in [3.63, 3.8) is 0 Å². The van der Waals surface area contributed by atoms with Crippen molar-refractivity contribution in [1.82, 2.24) is 20.2 Å². The summed E-state index contributed by atoms with van der Waals surface area (Å²) < 4.78 is 8.08. The number of rotatable bonds is 6. The van der Waals surface area contributed by atoms with Gasteiger partial charge >= 0.3 is 0 Å². The van der Waals surface area contributed by atoms with Gasteiger partial charge in [-0.15, -0.1) is 10.2 Å². The van der Waals surface area contributed by atoms with Gasteiger partial charge in [-0.25, -0.2) is 5.43 Å². The molecule has 1 unspecified atom stereocenters. The zero-order valence-electron chi connectivity index (χ0n) is 18.6. The summed E-state index contributed by atoms with van der Waals surface area (Å²) in [6.45, 7) is 0. The summed E-state index contributed by atoms with van der Waals surface area (Å²) in [7, 11) is 1.91. The highest BCUT2D eigenvalue weighted by molar-refractivity contribution is 7.98. The third-order valence-electron chi connectivity index (χ3n) is 5.56. The van der Waals surface area contributed by atoms with Gasteiger partial charge in [0.25, 0.3) is 5.91 Å². The molecule has 4 aromatic rings. The van der Waals surface area contributed by atoms with Gasteiger partial charge < -0.3 is 9.30 Å². The zero-order valence-corrected chi connectivity index (χ0v) is 19.4. The number of hydrogen-bond donors (Lipinski definition) is 1. The SMILES string of the molecule is Cn1cnnc1SCc1ccc(C(=O)N/N=C2\CC(c3ccccc3)Oc3ccccc32)cc1. The normalized spacial score (nSPS) is 16.0. The van der Waals surface area contributed by atoms with E-state index >= 15 is 0 Å². The molecule has 1 aromatic heterocycles. The van der Waals surface area contributed by atoms with Crippen LogP contribution in [0.5, 0.6) is 5.75 Å². The Bertz CT molecular complexity index is 1320. The fraction of sp³-hybridized carbons (Fsp3) is 0.154. The molecule has 1 aliphatic rings. The Labute approximate surface area is 201 Å². The number of hydrogen-bond acceptors (Lipinski definition) is 6. The van der Waals surface area contributed by atoms with Crippen LogP contribution >= 0.6 is 11.8 Å². The topological polar surface area (TPSA) is 81.4 Å². The van der Waals surface area contributed by atoms with Gasteiger partial charge in [0.15, 0.2) is 5.16 Å². The fourth-order valence-electron chi connectivity index (χ4n) is 3.73. The number of aryl methyl sites for hydroxylation is 1. The van der Waals surface area contributed by atoms with E-state index in [2.05, 4.69) is 20.7 Å². The number of nitrogens with zero attached hydrogens (tertiary/aromatic N) is 4. The Balaban J connectivity index is 1.28. The van der Waals surface area contributed by atoms with E-state index in [4.69, 9.17) is 4.74 Å². The van der Waals surface area contributed by atoms with Crippen LogP contribution in [0.3, 0.4) is 0 Å². The van der Waals surface area contributed by atoms with Crippen LogP contribution in [-0.4, -0.2) is 26.4 Å². The number of nitrogens with one attached hydrogen (secondary N) is 1. The standard InChI is InChI=1S/C26H23N5O2S/c1-31-17-27-30-26(31)34-16-18-11-13-20(14-12-18)25(32)29-28-22-15-24(19-7-3-2-4-8-19)33-23-10-6-5-9-21(22)23/h2-14,17,24H,15-16H2,1H3,(H,29,32)/b28-22+. The van der Waals surface area contributed by atoms with Crippen LogP contribution in [0.1, 0.15) is 39.6 Å². The molecule has 1 aliphatic heterocycles. The zero-order chi connectivity index (χ0) is 23.3. The van der Waals surface area contributed by atoms with Gasteiger partial charge in [-0.2, -0.15) is 5.10 Å². The second-order valence-corrected chi connectivity index (χ2v) is 8.87. The average molecular weight is 470 g/mol. The van der Waals surface area contributed by atoms with Gasteiger partial charge in [-0.1, -0.05) is 66.4 Å². The van der Waals surface area contributed by atoms with Gasteiger partial charge in [0.1, 0.15) is 18.2 Å². The first-order valence-electron chi connectivity index (χ1n) is 10.9. The summed E-state index contributed by atoms with van der Waals surface area (Å²) >= 11 is 1.60. The molecule has 1 amide bonds. The van der Waals surface area contributed by atoms with Crippen LogP contribution in [-0.2, 0) is 12.8 Å². The van der Waals surface area contributed by atoms with Crippen molar-refractivity contribution < 1.29 is 9.53 Å². The van der Waals surface area contributed by atoms with E-state index in [1.54, 1.807) is 18.1 Å². The fourth-order valence-corrected chi connectivity index (χ4v) is 4.58. The summed E-state index contributed by atoms with van der Waals surface area (Å²) in [5, 5.41) is 13.3. The summed E-state index contributed by atoms with van der Waals surface area (Å²) in [5.41, 5.74) is 7.14. The first-order valence-corrected chi connectivity index (χ1v) is 11.9. The van der Waals surface area contributed by atoms with Crippen molar-refractivity contribution in [1.29, 1.82) is 0 Å². The largest absolute Gasteiger partial charge is 0.485 e. The number of hydrazone groups is 1. The van der Waals surface area contributed by atoms with Gasteiger partial charge in [-0.05, 0) is 35.4 Å². The number of thioether (sulfide) groups is 1. The molecule has 0 spiro atoms. The van der Waals surface area contributed by atoms with E-state index in [9.17, 15) is 4.79 Å². The molecule has 1 N–H and O–H groups in total. The van der Waals surface area contributed by atoms with Crippen LogP contribution in [0.2, 0.25) is 0 Å². The maximum absolute atomic E-state index is 12.8. The molecule has 7 nitrogen and oxygen atoms in total. The van der Waals surface area contributed by atoms with Gasteiger partial charge in [0.2, 0.25) is 0 Å². The van der Waals surface area contributed by atoms with Crippen molar-refractivity contribution in [2.24, 2.45) is 12.1 Å². The number of carbonyl (C=O) groups excluding carboxylic acids is 1. The molecule has 0 saturated heterocycles. The summed E-state index contributed by atoms with van der Waals surface area (Å²) in [6, 6.07) is 25.3. The van der Waals surface area contributed by atoms with E-state index in [1.165, 1.54) is 0 Å². The predicted molar refractivity (Wildman–Crippen MR) is 132 cm³/mol. The second-order valence-electron chi connectivity index (χ2n) is 7.93. The third-order valence-corrected chi connectivity index (χ3v) is 6.67. The first-order chi connectivity index (χ1) is 16.7. The van der Waals surface area contributed by atoms with E-state index in [-0.39, 0.29) is 12.0 Å². The number of aromatic nitrogens is 3.